The van der Waals surface area contributed by atoms with E-state index in [-0.39, 0.29) is 35.1 Å². The lowest BCUT2D eigenvalue weighted by atomic mass is 9.98. The first kappa shape index (κ1) is 32.8. The van der Waals surface area contributed by atoms with Gasteiger partial charge in [0, 0.05) is 24.9 Å². The number of aromatic nitrogens is 6. The van der Waals surface area contributed by atoms with Crippen LogP contribution in [0.5, 0.6) is 0 Å². The summed E-state index contributed by atoms with van der Waals surface area (Å²) in [4.78, 5) is 34.6. The minimum absolute atomic E-state index is 0.0297. The highest BCUT2D eigenvalue weighted by atomic mass is 35.5. The first-order chi connectivity index (χ1) is 22.4. The Morgan fingerprint density at radius 1 is 1.09 bits per heavy atom. The van der Waals surface area contributed by atoms with Gasteiger partial charge in [-0.15, -0.1) is 10.2 Å². The van der Waals surface area contributed by atoms with E-state index >= 15 is 0 Å². The number of hydrogen-bond acceptors (Lipinski definition) is 12. The second-order valence-electron chi connectivity index (χ2n) is 10.6. The molecule has 0 aliphatic carbocycles. The molecule has 3 N–H and O–H groups in total. The lowest BCUT2D eigenvalue weighted by Crippen LogP contribution is -2.18. The number of aryl methyl sites for hydroxylation is 2. The maximum Gasteiger partial charge on any atom is 0.519 e. The third-order valence-electron chi connectivity index (χ3n) is 7.40. The number of aromatic amines is 1. The van der Waals surface area contributed by atoms with Crippen LogP contribution in [0, 0.1) is 0 Å². The summed E-state index contributed by atoms with van der Waals surface area (Å²) < 4.78 is 17.7. The van der Waals surface area contributed by atoms with E-state index in [4.69, 9.17) is 35.2 Å². The van der Waals surface area contributed by atoms with Crippen molar-refractivity contribution in [1.29, 1.82) is 0 Å². The number of rotatable bonds is 16. The maximum atomic E-state index is 13.4. The summed E-state index contributed by atoms with van der Waals surface area (Å²) in [5.74, 6) is -0.0662. The van der Waals surface area contributed by atoms with Crippen LogP contribution >= 0.6 is 11.6 Å². The number of H-pyrrole nitrogens is 1. The lowest BCUT2D eigenvalue weighted by molar-refractivity contribution is -0.159. The van der Waals surface area contributed by atoms with Gasteiger partial charge in [0.05, 0.1) is 6.10 Å². The molecule has 0 bridgehead atoms. The molecular formula is C31H34ClN7O7. The summed E-state index contributed by atoms with van der Waals surface area (Å²) >= 11 is 6.52. The summed E-state index contributed by atoms with van der Waals surface area (Å²) in [5, 5.41) is 23.1. The Kier molecular flexibility index (Phi) is 11.1. The van der Waals surface area contributed by atoms with Crippen LogP contribution in [-0.2, 0) is 35.6 Å². The molecular weight excluding hydrogens is 618 g/mol. The van der Waals surface area contributed by atoms with Crippen LogP contribution in [0.2, 0.25) is 5.15 Å². The SMILES string of the molecule is CCCCc1nc(Cl)c(C(=O)OCc2oc(=O)oc2CCCC(C)ONO)n1Cc1ccc(-c2ccccc2-c2nn[nH]n2)cc1. The fourth-order valence-corrected chi connectivity index (χ4v) is 5.35. The first-order valence-corrected chi connectivity index (χ1v) is 15.3. The van der Waals surface area contributed by atoms with Crippen LogP contribution in [-0.4, -0.2) is 47.5 Å². The molecule has 0 radical (unpaired) electrons. The molecule has 0 amide bonds. The normalized spacial score (nSPS) is 12.0. The van der Waals surface area contributed by atoms with E-state index in [0.717, 1.165) is 35.1 Å². The fraction of sp³-hybridized carbons (Fsp3) is 0.355. The molecule has 0 saturated carbocycles. The molecule has 1 unspecified atom stereocenters. The van der Waals surface area contributed by atoms with Gasteiger partial charge in [-0.2, -0.15) is 5.21 Å². The Labute approximate surface area is 268 Å². The number of imidazole rings is 1. The van der Waals surface area contributed by atoms with E-state index in [1.165, 1.54) is 0 Å². The van der Waals surface area contributed by atoms with Gasteiger partial charge in [-0.1, -0.05) is 79.1 Å². The van der Waals surface area contributed by atoms with Crippen molar-refractivity contribution < 1.29 is 28.4 Å². The highest BCUT2D eigenvalue weighted by molar-refractivity contribution is 6.32. The molecule has 0 fully saturated rings. The van der Waals surface area contributed by atoms with Crippen molar-refractivity contribution in [2.45, 2.75) is 71.6 Å². The van der Waals surface area contributed by atoms with Gasteiger partial charge in [-0.25, -0.2) is 14.6 Å². The summed E-state index contributed by atoms with van der Waals surface area (Å²) in [5.41, 5.74) is 5.43. The predicted octanol–water partition coefficient (Wildman–Crippen LogP) is 5.30. The Bertz CT molecular complexity index is 1780. The highest BCUT2D eigenvalue weighted by Crippen LogP contribution is 2.30. The lowest BCUT2D eigenvalue weighted by Gasteiger charge is -2.13. The molecule has 5 rings (SSSR count). The average molecular weight is 652 g/mol. The molecule has 2 aromatic carbocycles. The standard InChI is InChI=1S/C31H34ClN7O7/c1-3-4-12-26-33-28(32)27(30(40)43-18-25-24(44-31(41)45-25)11-7-8-19(2)46-38-42)39(26)17-20-13-15-21(16-14-20)22-9-5-6-10-23(22)29-34-36-37-35-29/h5-6,9-10,13-16,19,38,42H,3-4,7-8,11-12,17-18H2,1-2H3,(H,34,35,36,37). The van der Waals surface area contributed by atoms with E-state index in [1.807, 2.05) is 48.5 Å². The number of nitrogens with zero attached hydrogens (tertiary/aromatic N) is 5. The Hall–Kier alpha value is -4.63. The molecule has 0 spiro atoms. The fourth-order valence-electron chi connectivity index (χ4n) is 5.07. The zero-order valence-corrected chi connectivity index (χ0v) is 26.1. The summed E-state index contributed by atoms with van der Waals surface area (Å²) in [6, 6.07) is 15.7. The Morgan fingerprint density at radius 2 is 1.85 bits per heavy atom. The van der Waals surface area contributed by atoms with Gasteiger partial charge in [0.1, 0.15) is 5.82 Å². The average Bonchev–Trinajstić information content (AvgIpc) is 3.79. The quantitative estimate of drug-likeness (QED) is 0.0925. The molecule has 15 heteroatoms. The summed E-state index contributed by atoms with van der Waals surface area (Å²) in [6.07, 6.45) is 3.59. The van der Waals surface area contributed by atoms with Gasteiger partial charge in [-0.3, -0.25) is 10.0 Å². The molecule has 3 aromatic heterocycles. The number of tetrazole rings is 1. The number of nitrogens with one attached hydrogen (secondary N) is 2. The van der Waals surface area contributed by atoms with Crippen molar-refractivity contribution in [3.8, 4) is 22.5 Å². The number of halogens is 1. The Morgan fingerprint density at radius 3 is 2.57 bits per heavy atom. The second kappa shape index (κ2) is 15.6. The number of carbonyl (C=O) groups excluding carboxylic acids is 1. The van der Waals surface area contributed by atoms with Crippen molar-refractivity contribution in [1.82, 2.24) is 35.8 Å². The number of unbranched alkanes of at least 4 members (excludes halogenated alkanes) is 1. The summed E-state index contributed by atoms with van der Waals surface area (Å²) in [7, 11) is 0. The van der Waals surface area contributed by atoms with E-state index in [0.29, 0.717) is 43.9 Å². The minimum Gasteiger partial charge on any atom is -0.453 e. The maximum absolute atomic E-state index is 13.4. The van der Waals surface area contributed by atoms with Crippen molar-refractivity contribution in [2.24, 2.45) is 0 Å². The van der Waals surface area contributed by atoms with E-state index in [2.05, 4.69) is 32.5 Å². The van der Waals surface area contributed by atoms with Gasteiger partial charge in [0.25, 0.3) is 0 Å². The molecule has 14 nitrogen and oxygen atoms in total. The van der Waals surface area contributed by atoms with E-state index in [9.17, 15) is 9.59 Å². The monoisotopic (exact) mass is 651 g/mol. The predicted molar refractivity (Wildman–Crippen MR) is 165 cm³/mol. The van der Waals surface area contributed by atoms with Crippen LogP contribution in [0.4, 0.5) is 0 Å². The smallest absolute Gasteiger partial charge is 0.453 e. The van der Waals surface area contributed by atoms with Gasteiger partial charge >= 0.3 is 11.8 Å². The van der Waals surface area contributed by atoms with Gasteiger partial charge in [-0.05, 0) is 48.1 Å². The van der Waals surface area contributed by atoms with Crippen molar-refractivity contribution in [2.75, 3.05) is 0 Å². The van der Waals surface area contributed by atoms with Crippen LogP contribution in [0.1, 0.15) is 72.9 Å². The number of hydrogen-bond donors (Lipinski definition) is 3. The number of benzene rings is 2. The van der Waals surface area contributed by atoms with Crippen LogP contribution < -0.4 is 11.5 Å². The molecule has 0 aliphatic rings. The molecule has 242 valence electrons. The van der Waals surface area contributed by atoms with Crippen LogP contribution in [0.25, 0.3) is 22.5 Å². The largest absolute Gasteiger partial charge is 0.519 e. The zero-order valence-electron chi connectivity index (χ0n) is 25.4. The van der Waals surface area contributed by atoms with Crippen molar-refractivity contribution in [3.63, 3.8) is 0 Å². The zero-order chi connectivity index (χ0) is 32.5. The number of ether oxygens (including phenoxy) is 1. The van der Waals surface area contributed by atoms with Crippen molar-refractivity contribution >= 4 is 17.6 Å². The molecule has 1 atom stereocenters. The number of esters is 1. The number of carbonyl (C=O) groups is 1. The summed E-state index contributed by atoms with van der Waals surface area (Å²) in [6.45, 7) is 3.84. The highest BCUT2D eigenvalue weighted by Gasteiger charge is 2.25. The first-order valence-electron chi connectivity index (χ1n) is 14.9. The molecule has 5 aromatic rings. The van der Waals surface area contributed by atoms with E-state index < -0.39 is 11.8 Å². The minimum atomic E-state index is -0.893. The third kappa shape index (κ3) is 7.95. The van der Waals surface area contributed by atoms with Gasteiger partial charge in [0.15, 0.2) is 29.0 Å². The van der Waals surface area contributed by atoms with Crippen LogP contribution in [0.3, 0.4) is 0 Å². The van der Waals surface area contributed by atoms with Crippen molar-refractivity contribution in [3.05, 3.63) is 92.9 Å². The van der Waals surface area contributed by atoms with Gasteiger partial charge < -0.3 is 18.1 Å². The molecule has 0 saturated heterocycles. The Balaban J connectivity index is 1.33. The molecule has 46 heavy (non-hydrogen) atoms. The van der Waals surface area contributed by atoms with Crippen LogP contribution in [0.15, 0.2) is 62.2 Å². The molecule has 3 heterocycles. The van der Waals surface area contributed by atoms with E-state index in [1.54, 1.807) is 17.1 Å². The topological polar surface area (TPSA) is 183 Å². The molecule has 0 aliphatic heterocycles. The third-order valence-corrected chi connectivity index (χ3v) is 7.66. The second-order valence-corrected chi connectivity index (χ2v) is 11.0. The van der Waals surface area contributed by atoms with Gasteiger partial charge in [0.2, 0.25) is 5.82 Å².